The fourth-order valence-corrected chi connectivity index (χ4v) is 2.79. The fraction of sp³-hybridized carbons (Fsp3) is 0.294. The number of fused-ring (bicyclic) bond motifs is 1. The third-order valence-electron chi connectivity index (χ3n) is 4.01. The van der Waals surface area contributed by atoms with Crippen LogP contribution in [0.3, 0.4) is 0 Å². The fourth-order valence-electron chi connectivity index (χ4n) is 2.79. The van der Waals surface area contributed by atoms with Crippen molar-refractivity contribution in [2.45, 2.75) is 20.8 Å². The van der Waals surface area contributed by atoms with Crippen LogP contribution in [0.4, 0.5) is 11.4 Å². The predicted octanol–water partition coefficient (Wildman–Crippen LogP) is 1.73. The van der Waals surface area contributed by atoms with Crippen molar-refractivity contribution in [3.05, 3.63) is 41.9 Å². The maximum absolute atomic E-state index is 6.12. The Hall–Kier alpha value is -3.16. The van der Waals surface area contributed by atoms with E-state index >= 15 is 0 Å². The van der Waals surface area contributed by atoms with E-state index in [2.05, 4.69) is 39.7 Å². The van der Waals surface area contributed by atoms with Gasteiger partial charge < -0.3 is 16.4 Å². The number of hydrogen-bond donors (Lipinski definition) is 4. The molecule has 0 saturated carbocycles. The number of hydrogen-bond acceptors (Lipinski definition) is 8. The topological polar surface area (TPSA) is 108 Å². The Morgan fingerprint density at radius 1 is 1.20 bits per heavy atom. The van der Waals surface area contributed by atoms with E-state index in [1.165, 1.54) is 5.23 Å². The van der Waals surface area contributed by atoms with Crippen LogP contribution in [0.25, 0.3) is 10.9 Å². The number of anilines is 2. The predicted molar refractivity (Wildman–Crippen MR) is 102 cm³/mol. The summed E-state index contributed by atoms with van der Waals surface area (Å²) in [5.74, 6) is 1.31. The van der Waals surface area contributed by atoms with E-state index in [1.54, 1.807) is 0 Å². The van der Waals surface area contributed by atoms with Crippen LogP contribution in [0.2, 0.25) is 0 Å². The Bertz CT molecular complexity index is 838. The van der Waals surface area contributed by atoms with Crippen molar-refractivity contribution in [2.24, 2.45) is 10.8 Å². The summed E-state index contributed by atoms with van der Waals surface area (Å²) >= 11 is 0. The van der Waals surface area contributed by atoms with Gasteiger partial charge in [0.2, 0.25) is 0 Å². The molecule has 3 rings (SSSR count). The Kier molecular flexibility index (Phi) is 4.51. The van der Waals surface area contributed by atoms with Crippen molar-refractivity contribution < 1.29 is 0 Å². The van der Waals surface area contributed by atoms with E-state index in [4.69, 9.17) is 11.5 Å². The standard InChI is InChI=1S/C17H24N8/c1-4-24(5-2)17-10-16(19)22-25(23-17)21-12-6-7-15-13(9-12)14(18)8-11(3)20-15/h6-10,21-22H,4-5,19H2,1-3H3,(H2,18,20). The van der Waals surface area contributed by atoms with Crippen LogP contribution in [0.5, 0.6) is 0 Å². The van der Waals surface area contributed by atoms with Gasteiger partial charge in [-0.15, -0.1) is 10.3 Å². The first kappa shape index (κ1) is 16.7. The average Bonchev–Trinajstić information content (AvgIpc) is 2.56. The molecule has 1 aromatic carbocycles. The number of nitrogens with one attached hydrogen (secondary N) is 2. The molecule has 0 saturated heterocycles. The first-order chi connectivity index (χ1) is 12.0. The molecule has 25 heavy (non-hydrogen) atoms. The van der Waals surface area contributed by atoms with Crippen LogP contribution in [-0.2, 0) is 0 Å². The van der Waals surface area contributed by atoms with E-state index in [0.717, 1.165) is 41.2 Å². The molecule has 0 bridgehead atoms. The first-order valence-corrected chi connectivity index (χ1v) is 8.31. The normalized spacial score (nSPS) is 14.0. The van der Waals surface area contributed by atoms with Gasteiger partial charge in [0.05, 0.1) is 11.2 Å². The number of amidine groups is 1. The average molecular weight is 340 g/mol. The molecule has 0 atom stereocenters. The summed E-state index contributed by atoms with van der Waals surface area (Å²) in [6.45, 7) is 7.79. The van der Waals surface area contributed by atoms with E-state index in [0.29, 0.717) is 11.5 Å². The molecule has 1 aliphatic rings. The van der Waals surface area contributed by atoms with Crippen LogP contribution in [0.15, 0.2) is 41.3 Å². The van der Waals surface area contributed by atoms with Gasteiger partial charge in [0, 0.05) is 35.9 Å². The van der Waals surface area contributed by atoms with E-state index in [1.807, 2.05) is 37.3 Å². The van der Waals surface area contributed by atoms with Gasteiger partial charge in [0.25, 0.3) is 0 Å². The molecular formula is C17H24N8. The smallest absolute Gasteiger partial charge is 0.156 e. The largest absolute Gasteiger partial charge is 0.398 e. The number of nitrogens with two attached hydrogens (primary N) is 2. The van der Waals surface area contributed by atoms with Crippen LogP contribution < -0.4 is 22.3 Å². The summed E-state index contributed by atoms with van der Waals surface area (Å²) in [4.78, 5) is 6.61. The molecule has 2 heterocycles. The lowest BCUT2D eigenvalue weighted by molar-refractivity contribution is 0.259. The Morgan fingerprint density at radius 2 is 1.96 bits per heavy atom. The van der Waals surface area contributed by atoms with Crippen molar-refractivity contribution in [2.75, 3.05) is 24.2 Å². The highest BCUT2D eigenvalue weighted by molar-refractivity contribution is 5.94. The second-order valence-electron chi connectivity index (χ2n) is 5.85. The number of aryl methyl sites for hydroxylation is 1. The van der Waals surface area contributed by atoms with Gasteiger partial charge in [0.1, 0.15) is 5.82 Å². The first-order valence-electron chi connectivity index (χ1n) is 8.31. The summed E-state index contributed by atoms with van der Waals surface area (Å²) in [5, 5.41) is 6.93. The number of nitrogens with zero attached hydrogens (tertiary/aromatic N) is 4. The van der Waals surface area contributed by atoms with Gasteiger partial charge in [-0.25, -0.2) is 5.43 Å². The lowest BCUT2D eigenvalue weighted by atomic mass is 10.1. The van der Waals surface area contributed by atoms with Crippen molar-refractivity contribution in [1.29, 1.82) is 0 Å². The highest BCUT2D eigenvalue weighted by atomic mass is 15.9. The highest BCUT2D eigenvalue weighted by Gasteiger charge is 2.15. The monoisotopic (exact) mass is 340 g/mol. The van der Waals surface area contributed by atoms with Crippen molar-refractivity contribution in [1.82, 2.24) is 20.5 Å². The molecule has 0 radical (unpaired) electrons. The van der Waals surface area contributed by atoms with E-state index < -0.39 is 0 Å². The molecule has 0 amide bonds. The molecule has 1 aliphatic heterocycles. The third kappa shape index (κ3) is 3.52. The summed E-state index contributed by atoms with van der Waals surface area (Å²) in [6.07, 6.45) is 1.82. The second kappa shape index (κ2) is 6.76. The maximum atomic E-state index is 6.12. The lowest BCUT2D eigenvalue weighted by Crippen LogP contribution is -2.46. The molecule has 0 unspecified atom stereocenters. The van der Waals surface area contributed by atoms with E-state index in [9.17, 15) is 0 Å². The minimum absolute atomic E-state index is 0.516. The van der Waals surface area contributed by atoms with Gasteiger partial charge in [-0.05, 0) is 45.0 Å². The molecule has 8 nitrogen and oxygen atoms in total. The van der Waals surface area contributed by atoms with Gasteiger partial charge in [-0.1, -0.05) is 0 Å². The zero-order valence-corrected chi connectivity index (χ0v) is 14.7. The van der Waals surface area contributed by atoms with Gasteiger partial charge in [-0.3, -0.25) is 10.4 Å². The molecule has 0 spiro atoms. The molecule has 132 valence electrons. The van der Waals surface area contributed by atoms with Gasteiger partial charge in [-0.2, -0.15) is 0 Å². The number of rotatable bonds is 4. The van der Waals surface area contributed by atoms with E-state index in [-0.39, 0.29) is 0 Å². The summed E-state index contributed by atoms with van der Waals surface area (Å²) < 4.78 is 0. The number of pyridine rings is 1. The molecule has 8 heteroatoms. The van der Waals surface area contributed by atoms with Crippen LogP contribution in [-0.4, -0.2) is 34.0 Å². The molecular weight excluding hydrogens is 316 g/mol. The number of benzene rings is 1. The Labute approximate surface area is 147 Å². The Balaban J connectivity index is 1.86. The van der Waals surface area contributed by atoms with Crippen LogP contribution >= 0.6 is 0 Å². The van der Waals surface area contributed by atoms with Gasteiger partial charge in [0.15, 0.2) is 5.84 Å². The van der Waals surface area contributed by atoms with Crippen LogP contribution in [0.1, 0.15) is 19.5 Å². The number of hydrazine groups is 2. The highest BCUT2D eigenvalue weighted by Crippen LogP contribution is 2.24. The third-order valence-corrected chi connectivity index (χ3v) is 4.01. The minimum atomic E-state index is 0.516. The lowest BCUT2D eigenvalue weighted by Gasteiger charge is -2.30. The minimum Gasteiger partial charge on any atom is -0.398 e. The number of hydrazone groups is 1. The SMILES string of the molecule is CCN(CC)C1=NN(Nc2ccc3nc(C)cc(N)c3c2)NC(N)=C1. The Morgan fingerprint density at radius 3 is 2.68 bits per heavy atom. The summed E-state index contributed by atoms with van der Waals surface area (Å²) in [7, 11) is 0. The zero-order chi connectivity index (χ0) is 18.0. The van der Waals surface area contributed by atoms with Crippen molar-refractivity contribution >= 4 is 28.1 Å². The molecule has 0 fully saturated rings. The molecule has 2 aromatic rings. The second-order valence-corrected chi connectivity index (χ2v) is 5.85. The molecule has 1 aromatic heterocycles. The molecule has 0 aliphatic carbocycles. The number of likely N-dealkylation sites (N-methyl/N-ethyl adjacent to an activating group) is 1. The number of nitrogen functional groups attached to an aromatic ring is 1. The summed E-state index contributed by atoms with van der Waals surface area (Å²) in [5.41, 5.74) is 21.5. The van der Waals surface area contributed by atoms with Crippen molar-refractivity contribution in [3.8, 4) is 0 Å². The quantitative estimate of drug-likeness (QED) is 0.671. The number of aromatic nitrogens is 1. The maximum Gasteiger partial charge on any atom is 0.156 e. The summed E-state index contributed by atoms with van der Waals surface area (Å²) in [6, 6.07) is 7.67. The van der Waals surface area contributed by atoms with Crippen LogP contribution in [0, 0.1) is 6.92 Å². The molecule has 6 N–H and O–H groups in total. The van der Waals surface area contributed by atoms with Crippen molar-refractivity contribution in [3.63, 3.8) is 0 Å². The van der Waals surface area contributed by atoms with Gasteiger partial charge >= 0.3 is 0 Å². The zero-order valence-electron chi connectivity index (χ0n) is 14.7.